The number of ether oxygens (including phenoxy) is 1. The minimum atomic E-state index is 0.480. The van der Waals surface area contributed by atoms with Crippen molar-refractivity contribution < 1.29 is 4.74 Å². The molecule has 1 unspecified atom stereocenters. The lowest BCUT2D eigenvalue weighted by atomic mass is 10.0. The third-order valence-corrected chi connectivity index (χ3v) is 4.03. The van der Waals surface area contributed by atoms with E-state index in [1.54, 1.807) is 7.11 Å². The molecule has 0 spiro atoms. The summed E-state index contributed by atoms with van der Waals surface area (Å²) < 4.78 is 5.05. The monoisotopic (exact) mass is 298 g/mol. The van der Waals surface area contributed by atoms with E-state index >= 15 is 0 Å². The average Bonchev–Trinajstić information content (AvgIpc) is 2.42. The van der Waals surface area contributed by atoms with E-state index < -0.39 is 0 Å². The van der Waals surface area contributed by atoms with E-state index in [0.29, 0.717) is 18.6 Å². The Bertz CT molecular complexity index is 409. The third kappa shape index (κ3) is 4.97. The van der Waals surface area contributed by atoms with Crippen molar-refractivity contribution in [1.29, 1.82) is 0 Å². The average molecular weight is 299 g/mol. The molecule has 0 bridgehead atoms. The van der Waals surface area contributed by atoms with E-state index in [-0.39, 0.29) is 0 Å². The number of nitrogens with one attached hydrogen (secondary N) is 1. The van der Waals surface area contributed by atoms with Crippen molar-refractivity contribution in [3.63, 3.8) is 0 Å². The maximum atomic E-state index is 6.13. The lowest BCUT2D eigenvalue weighted by Crippen LogP contribution is -2.34. The van der Waals surface area contributed by atoms with Crippen molar-refractivity contribution in [3.05, 3.63) is 28.8 Å². The number of benzene rings is 1. The van der Waals surface area contributed by atoms with Gasteiger partial charge in [-0.15, -0.1) is 0 Å². The Morgan fingerprint density at radius 3 is 2.60 bits per heavy atom. The summed E-state index contributed by atoms with van der Waals surface area (Å²) in [5, 5.41) is 4.16. The number of halogens is 1. The molecule has 0 aliphatic rings. The van der Waals surface area contributed by atoms with Gasteiger partial charge in [0.1, 0.15) is 0 Å². The molecule has 20 heavy (non-hydrogen) atoms. The first kappa shape index (κ1) is 17.3. The van der Waals surface area contributed by atoms with Gasteiger partial charge in [0.25, 0.3) is 0 Å². The molecule has 0 aliphatic heterocycles. The second-order valence-corrected chi connectivity index (χ2v) is 5.97. The van der Waals surface area contributed by atoms with Crippen LogP contribution < -0.4 is 10.2 Å². The van der Waals surface area contributed by atoms with Gasteiger partial charge in [-0.3, -0.25) is 0 Å². The molecule has 4 heteroatoms. The van der Waals surface area contributed by atoms with Gasteiger partial charge in [-0.2, -0.15) is 0 Å². The highest BCUT2D eigenvalue weighted by atomic mass is 35.5. The third-order valence-electron chi connectivity index (χ3n) is 3.80. The predicted octanol–water partition coefficient (Wildman–Crippen LogP) is 3.56. The normalized spacial score (nSPS) is 12.8. The Morgan fingerprint density at radius 2 is 2.00 bits per heavy atom. The minimum Gasteiger partial charge on any atom is -0.383 e. The van der Waals surface area contributed by atoms with E-state index in [4.69, 9.17) is 16.3 Å². The number of methoxy groups -OCH3 is 1. The van der Waals surface area contributed by atoms with E-state index in [9.17, 15) is 0 Å². The van der Waals surface area contributed by atoms with Crippen molar-refractivity contribution in [2.45, 2.75) is 33.4 Å². The van der Waals surface area contributed by atoms with Crippen molar-refractivity contribution >= 4 is 17.3 Å². The van der Waals surface area contributed by atoms with Gasteiger partial charge in [0.2, 0.25) is 0 Å². The highest BCUT2D eigenvalue weighted by Crippen LogP contribution is 2.26. The lowest BCUT2D eigenvalue weighted by molar-refractivity contribution is 0.199. The van der Waals surface area contributed by atoms with Crippen LogP contribution in [0.25, 0.3) is 0 Å². The maximum absolute atomic E-state index is 6.13. The van der Waals surface area contributed by atoms with E-state index in [1.165, 1.54) is 11.3 Å². The van der Waals surface area contributed by atoms with Crippen LogP contribution in [0.4, 0.5) is 5.69 Å². The van der Waals surface area contributed by atoms with E-state index in [0.717, 1.165) is 18.1 Å². The summed E-state index contributed by atoms with van der Waals surface area (Å²) in [6, 6.07) is 6.59. The lowest BCUT2D eigenvalue weighted by Gasteiger charge is -2.32. The molecular weight excluding hydrogens is 272 g/mol. The van der Waals surface area contributed by atoms with Crippen molar-refractivity contribution in [1.82, 2.24) is 5.32 Å². The highest BCUT2D eigenvalue weighted by molar-refractivity contribution is 6.30. The zero-order valence-corrected chi connectivity index (χ0v) is 14.0. The van der Waals surface area contributed by atoms with Crippen molar-refractivity contribution in [2.75, 3.05) is 32.2 Å². The molecule has 0 radical (unpaired) electrons. The zero-order chi connectivity index (χ0) is 15.1. The van der Waals surface area contributed by atoms with Crippen LogP contribution in [-0.4, -0.2) is 33.4 Å². The molecule has 0 fully saturated rings. The van der Waals surface area contributed by atoms with Crippen molar-refractivity contribution in [3.8, 4) is 0 Å². The van der Waals surface area contributed by atoms with Crippen LogP contribution in [-0.2, 0) is 11.3 Å². The largest absolute Gasteiger partial charge is 0.383 e. The number of hydrogen-bond acceptors (Lipinski definition) is 3. The zero-order valence-electron chi connectivity index (χ0n) is 13.2. The predicted molar refractivity (Wildman–Crippen MR) is 87.7 cm³/mol. The molecule has 1 aromatic rings. The van der Waals surface area contributed by atoms with Crippen molar-refractivity contribution in [2.24, 2.45) is 5.92 Å². The van der Waals surface area contributed by atoms with Gasteiger partial charge in [-0.1, -0.05) is 25.4 Å². The smallest absolute Gasteiger partial charge is 0.0587 e. The molecule has 0 saturated carbocycles. The summed E-state index contributed by atoms with van der Waals surface area (Å²) in [4.78, 5) is 2.33. The SMILES string of the molecule is COCCNCc1cc(Cl)ccc1N(C)C(C)C(C)C. The van der Waals surface area contributed by atoms with Crippen LogP contribution >= 0.6 is 11.6 Å². The molecule has 114 valence electrons. The Hall–Kier alpha value is -0.770. The highest BCUT2D eigenvalue weighted by Gasteiger charge is 2.16. The number of rotatable bonds is 8. The summed E-state index contributed by atoms with van der Waals surface area (Å²) in [6.07, 6.45) is 0. The summed E-state index contributed by atoms with van der Waals surface area (Å²) in [6.45, 7) is 9.09. The summed E-state index contributed by atoms with van der Waals surface area (Å²) in [5.74, 6) is 0.602. The molecule has 0 heterocycles. The molecule has 0 aliphatic carbocycles. The van der Waals surface area contributed by atoms with Crippen LogP contribution in [0.3, 0.4) is 0 Å². The summed E-state index contributed by atoms with van der Waals surface area (Å²) in [5.41, 5.74) is 2.46. The van der Waals surface area contributed by atoms with Crippen LogP contribution in [0, 0.1) is 5.92 Å². The van der Waals surface area contributed by atoms with Crippen LogP contribution in [0.1, 0.15) is 26.3 Å². The number of anilines is 1. The molecule has 1 N–H and O–H groups in total. The Kier molecular flexibility index (Phi) is 7.35. The molecule has 1 aromatic carbocycles. The van der Waals surface area contributed by atoms with E-state index in [2.05, 4.69) is 44.1 Å². The van der Waals surface area contributed by atoms with Gasteiger partial charge < -0.3 is 15.0 Å². The van der Waals surface area contributed by atoms with Crippen LogP contribution in [0.15, 0.2) is 18.2 Å². The van der Waals surface area contributed by atoms with Gasteiger partial charge >= 0.3 is 0 Å². The molecule has 0 amide bonds. The first-order valence-corrected chi connectivity index (χ1v) is 7.56. The molecule has 1 rings (SSSR count). The topological polar surface area (TPSA) is 24.5 Å². The molecule has 1 atom stereocenters. The first-order valence-electron chi connectivity index (χ1n) is 7.18. The molecule has 3 nitrogen and oxygen atoms in total. The second-order valence-electron chi connectivity index (χ2n) is 5.54. The number of nitrogens with zero attached hydrogens (tertiary/aromatic N) is 1. The van der Waals surface area contributed by atoms with Gasteiger partial charge in [-0.25, -0.2) is 0 Å². The quantitative estimate of drug-likeness (QED) is 0.743. The Balaban J connectivity index is 2.83. The van der Waals surface area contributed by atoms with E-state index in [1.807, 2.05) is 12.1 Å². The summed E-state index contributed by atoms with van der Waals surface area (Å²) >= 11 is 6.13. The molecular formula is C16H27ClN2O. The Morgan fingerprint density at radius 1 is 1.30 bits per heavy atom. The standard InChI is InChI=1S/C16H27ClN2O/c1-12(2)13(3)19(4)16-7-6-15(17)10-14(16)11-18-8-9-20-5/h6-7,10,12-13,18H,8-9,11H2,1-5H3. The second kappa shape index (κ2) is 8.50. The number of hydrogen-bond donors (Lipinski definition) is 1. The van der Waals surface area contributed by atoms with Crippen LogP contribution in [0.2, 0.25) is 5.02 Å². The minimum absolute atomic E-state index is 0.480. The van der Waals surface area contributed by atoms with Gasteiger partial charge in [0.15, 0.2) is 0 Å². The van der Waals surface area contributed by atoms with Gasteiger partial charge in [0.05, 0.1) is 6.61 Å². The summed E-state index contributed by atoms with van der Waals surface area (Å²) in [7, 11) is 3.86. The van der Waals surface area contributed by atoms with Gasteiger partial charge in [-0.05, 0) is 36.6 Å². The fraction of sp³-hybridized carbons (Fsp3) is 0.625. The fourth-order valence-corrected chi connectivity index (χ4v) is 2.30. The van der Waals surface area contributed by atoms with Crippen LogP contribution in [0.5, 0.6) is 0 Å². The fourth-order valence-electron chi connectivity index (χ4n) is 2.10. The first-order chi connectivity index (χ1) is 9.47. The molecule has 0 saturated heterocycles. The van der Waals surface area contributed by atoms with Gasteiger partial charge in [0, 0.05) is 44.0 Å². The molecule has 0 aromatic heterocycles. The Labute approximate surface area is 128 Å². The maximum Gasteiger partial charge on any atom is 0.0587 e.